The number of nitrogens with two attached hydrogens (primary N) is 1. The molecule has 8 heteroatoms. The Morgan fingerprint density at radius 2 is 1.71 bits per heavy atom. The Hall–Kier alpha value is -3.81. The average Bonchev–Trinajstić information content (AvgIpc) is 2.81. The Bertz CT molecular complexity index is 1190. The zero-order valence-electron chi connectivity index (χ0n) is 18.7. The summed E-state index contributed by atoms with van der Waals surface area (Å²) >= 11 is 0. The molecule has 0 fully saturated rings. The van der Waals surface area contributed by atoms with E-state index >= 15 is 0 Å². The lowest BCUT2D eigenvalue weighted by atomic mass is 10.1. The number of nitrogens with zero attached hydrogens (tertiary/aromatic N) is 1. The van der Waals surface area contributed by atoms with E-state index in [4.69, 9.17) is 5.73 Å². The fourth-order valence-electron chi connectivity index (χ4n) is 3.39. The van der Waals surface area contributed by atoms with E-state index in [2.05, 4.69) is 22.2 Å². The lowest BCUT2D eigenvalue weighted by molar-refractivity contribution is -0.138. The van der Waals surface area contributed by atoms with Gasteiger partial charge in [-0.1, -0.05) is 43.8 Å². The maximum absolute atomic E-state index is 14.0. The van der Waals surface area contributed by atoms with Gasteiger partial charge in [-0.05, 0) is 48.4 Å². The Kier molecular flexibility index (Phi) is 7.94. The molecule has 0 aromatic heterocycles. The van der Waals surface area contributed by atoms with Crippen molar-refractivity contribution in [3.63, 3.8) is 0 Å². The highest BCUT2D eigenvalue weighted by Gasteiger charge is 2.32. The van der Waals surface area contributed by atoms with Gasteiger partial charge in [0.2, 0.25) is 0 Å². The molecule has 3 aromatic rings. The van der Waals surface area contributed by atoms with E-state index < -0.39 is 17.6 Å². The highest BCUT2D eigenvalue weighted by Crippen LogP contribution is 2.32. The van der Waals surface area contributed by atoms with Crippen LogP contribution in [0.3, 0.4) is 0 Å². The van der Waals surface area contributed by atoms with Crippen LogP contribution in [0.25, 0.3) is 5.70 Å². The van der Waals surface area contributed by atoms with Crippen molar-refractivity contribution in [3.05, 3.63) is 101 Å². The van der Waals surface area contributed by atoms with Crippen LogP contribution in [0.2, 0.25) is 0 Å². The highest BCUT2D eigenvalue weighted by atomic mass is 19.4. The summed E-state index contributed by atoms with van der Waals surface area (Å²) in [4.78, 5) is 4.43. The molecule has 0 unspecified atom stereocenters. The van der Waals surface area contributed by atoms with Crippen LogP contribution < -0.4 is 16.4 Å². The quantitative estimate of drug-likeness (QED) is 0.153. The Balaban J connectivity index is 1.99. The maximum Gasteiger partial charge on any atom is 0.416 e. The standard InChI is InChI=1S/C26H26F4N4/c1-3-14-32-24-13-12-19(27)15-21(24)17(2)34-25(20-9-5-7-11-23(20)31)33-16-18-8-4-6-10-22(18)26(28,29)30/h4-13,15,32H,2-3,14,16,31H2,1H3,(H,33,34). The topological polar surface area (TPSA) is 62.4 Å². The number of hydrogen-bond acceptors (Lipinski definition) is 3. The number of para-hydroxylation sites is 1. The molecule has 3 aromatic carbocycles. The number of benzene rings is 3. The van der Waals surface area contributed by atoms with E-state index in [0.717, 1.165) is 12.5 Å². The number of halogens is 4. The Labute approximate surface area is 196 Å². The molecule has 0 aliphatic heterocycles. The van der Waals surface area contributed by atoms with Gasteiger partial charge in [-0.15, -0.1) is 0 Å². The van der Waals surface area contributed by atoms with Crippen molar-refractivity contribution >= 4 is 22.9 Å². The lowest BCUT2D eigenvalue weighted by Gasteiger charge is -2.18. The molecule has 0 amide bonds. The molecule has 0 radical (unpaired) electrons. The molecule has 0 saturated heterocycles. The summed E-state index contributed by atoms with van der Waals surface area (Å²) in [6, 6.07) is 16.4. The molecule has 0 aliphatic carbocycles. The molecule has 4 nitrogen and oxygen atoms in total. The molecular formula is C26H26F4N4. The second kappa shape index (κ2) is 10.9. The molecule has 3 rings (SSSR count). The third-order valence-electron chi connectivity index (χ3n) is 5.09. The Morgan fingerprint density at radius 1 is 1.00 bits per heavy atom. The largest absolute Gasteiger partial charge is 0.416 e. The smallest absolute Gasteiger partial charge is 0.398 e. The zero-order chi connectivity index (χ0) is 24.7. The number of nitrogens with one attached hydrogen (secondary N) is 2. The lowest BCUT2D eigenvalue weighted by Crippen LogP contribution is -2.25. The summed E-state index contributed by atoms with van der Waals surface area (Å²) in [5.41, 5.74) is 7.73. The van der Waals surface area contributed by atoms with Crippen molar-refractivity contribution in [2.24, 2.45) is 4.99 Å². The van der Waals surface area contributed by atoms with Crippen molar-refractivity contribution in [3.8, 4) is 0 Å². The molecular weight excluding hydrogens is 444 g/mol. The Morgan fingerprint density at radius 3 is 2.41 bits per heavy atom. The van der Waals surface area contributed by atoms with E-state index in [1.165, 1.54) is 30.3 Å². The van der Waals surface area contributed by atoms with Gasteiger partial charge in [0.25, 0.3) is 0 Å². The van der Waals surface area contributed by atoms with E-state index in [0.29, 0.717) is 34.7 Å². The van der Waals surface area contributed by atoms with Crippen molar-refractivity contribution < 1.29 is 17.6 Å². The van der Waals surface area contributed by atoms with Gasteiger partial charge in [0.1, 0.15) is 11.7 Å². The molecule has 0 atom stereocenters. The minimum Gasteiger partial charge on any atom is -0.398 e. The van der Waals surface area contributed by atoms with Gasteiger partial charge in [-0.3, -0.25) is 4.99 Å². The van der Waals surface area contributed by atoms with Crippen LogP contribution in [0.15, 0.2) is 78.3 Å². The first kappa shape index (κ1) is 24.8. The van der Waals surface area contributed by atoms with E-state index in [-0.39, 0.29) is 17.9 Å². The van der Waals surface area contributed by atoms with Crippen LogP contribution in [-0.2, 0) is 12.7 Å². The fraction of sp³-hybridized carbons (Fsp3) is 0.192. The first-order valence-electron chi connectivity index (χ1n) is 10.7. The monoisotopic (exact) mass is 470 g/mol. The van der Waals surface area contributed by atoms with Gasteiger partial charge >= 0.3 is 6.18 Å². The van der Waals surface area contributed by atoms with E-state index in [9.17, 15) is 17.6 Å². The number of hydrogen-bond donors (Lipinski definition) is 3. The molecule has 34 heavy (non-hydrogen) atoms. The van der Waals surface area contributed by atoms with Crippen molar-refractivity contribution in [2.45, 2.75) is 26.1 Å². The van der Waals surface area contributed by atoms with Crippen LogP contribution >= 0.6 is 0 Å². The summed E-state index contributed by atoms with van der Waals surface area (Å²) in [5, 5.41) is 6.27. The summed E-state index contributed by atoms with van der Waals surface area (Å²) in [6.07, 6.45) is -3.64. The number of anilines is 2. The van der Waals surface area contributed by atoms with Gasteiger partial charge in [0.15, 0.2) is 0 Å². The molecule has 178 valence electrons. The minimum absolute atomic E-state index is 0.0190. The number of nitrogen functional groups attached to an aromatic ring is 1. The third kappa shape index (κ3) is 6.15. The minimum atomic E-state index is -4.50. The van der Waals surface area contributed by atoms with Gasteiger partial charge in [0, 0.05) is 34.7 Å². The van der Waals surface area contributed by atoms with Crippen LogP contribution in [-0.4, -0.2) is 12.4 Å². The van der Waals surface area contributed by atoms with E-state index in [1.807, 2.05) is 6.92 Å². The molecule has 4 N–H and O–H groups in total. The zero-order valence-corrected chi connectivity index (χ0v) is 18.7. The van der Waals surface area contributed by atoms with Crippen LogP contribution in [0.4, 0.5) is 28.9 Å². The van der Waals surface area contributed by atoms with Gasteiger partial charge < -0.3 is 16.4 Å². The van der Waals surface area contributed by atoms with E-state index in [1.54, 1.807) is 30.3 Å². The maximum atomic E-state index is 14.0. The number of amidine groups is 1. The summed E-state index contributed by atoms with van der Waals surface area (Å²) in [5.74, 6) is -0.220. The first-order chi connectivity index (χ1) is 16.2. The van der Waals surface area contributed by atoms with Crippen LogP contribution in [0.1, 0.15) is 35.6 Å². The molecule has 0 heterocycles. The van der Waals surface area contributed by atoms with Crippen LogP contribution in [0.5, 0.6) is 0 Å². The van der Waals surface area contributed by atoms with Crippen molar-refractivity contribution in [2.75, 3.05) is 17.6 Å². The second-order valence-corrected chi connectivity index (χ2v) is 7.63. The van der Waals surface area contributed by atoms with Crippen molar-refractivity contribution in [1.82, 2.24) is 5.32 Å². The predicted molar refractivity (Wildman–Crippen MR) is 130 cm³/mol. The molecule has 0 aliphatic rings. The number of aliphatic imine (C=N–C) groups is 1. The number of rotatable bonds is 8. The summed E-state index contributed by atoms with van der Waals surface area (Å²) < 4.78 is 54.3. The van der Waals surface area contributed by atoms with Gasteiger partial charge in [-0.25, -0.2) is 4.39 Å². The average molecular weight is 471 g/mol. The second-order valence-electron chi connectivity index (χ2n) is 7.63. The highest BCUT2D eigenvalue weighted by molar-refractivity contribution is 6.07. The predicted octanol–water partition coefficient (Wildman–Crippen LogP) is 6.46. The van der Waals surface area contributed by atoms with Crippen molar-refractivity contribution in [1.29, 1.82) is 0 Å². The first-order valence-corrected chi connectivity index (χ1v) is 10.7. The fourth-order valence-corrected chi connectivity index (χ4v) is 3.39. The third-order valence-corrected chi connectivity index (χ3v) is 5.09. The van der Waals surface area contributed by atoms with Gasteiger partial charge in [0.05, 0.1) is 12.1 Å². The van der Waals surface area contributed by atoms with Gasteiger partial charge in [-0.2, -0.15) is 13.2 Å². The number of alkyl halides is 3. The molecule has 0 saturated carbocycles. The van der Waals surface area contributed by atoms with Crippen LogP contribution in [0, 0.1) is 5.82 Å². The normalized spacial score (nSPS) is 11.9. The molecule has 0 spiro atoms. The summed E-state index contributed by atoms with van der Waals surface area (Å²) in [7, 11) is 0. The summed E-state index contributed by atoms with van der Waals surface area (Å²) in [6.45, 7) is 6.45. The SMILES string of the molecule is C=C(NC(=NCc1ccccc1C(F)(F)F)c1ccccc1N)c1cc(F)ccc1NCCC. The molecule has 0 bridgehead atoms.